The zero-order valence-electron chi connectivity index (χ0n) is 13.1. The van der Waals surface area contributed by atoms with Gasteiger partial charge in [-0.25, -0.2) is 0 Å². The predicted molar refractivity (Wildman–Crippen MR) is 91.6 cm³/mol. The van der Waals surface area contributed by atoms with Gasteiger partial charge in [-0.1, -0.05) is 30.3 Å². The van der Waals surface area contributed by atoms with Crippen molar-refractivity contribution in [2.45, 2.75) is 26.3 Å². The maximum absolute atomic E-state index is 12.3. The first kappa shape index (κ1) is 15.1. The minimum Gasteiger partial charge on any atom is -0.372 e. The van der Waals surface area contributed by atoms with Crippen molar-refractivity contribution in [3.05, 3.63) is 53.6 Å². The lowest BCUT2D eigenvalue weighted by molar-refractivity contribution is -0.122. The Hall–Kier alpha value is -2.82. The SMILES string of the molecule is Cc1cccc(C)c1NC(=O)C[C@H]1Nc2ccccc2NC1=O. The van der Waals surface area contributed by atoms with E-state index in [1.165, 1.54) is 0 Å². The van der Waals surface area contributed by atoms with Crippen LogP contribution in [0.2, 0.25) is 0 Å². The van der Waals surface area contributed by atoms with E-state index in [9.17, 15) is 9.59 Å². The number of rotatable bonds is 3. The minimum absolute atomic E-state index is 0.0773. The number of nitrogens with one attached hydrogen (secondary N) is 3. The van der Waals surface area contributed by atoms with Crippen LogP contribution in [0, 0.1) is 13.8 Å². The maximum Gasteiger partial charge on any atom is 0.247 e. The van der Waals surface area contributed by atoms with Gasteiger partial charge in [0.1, 0.15) is 6.04 Å². The first-order valence-corrected chi connectivity index (χ1v) is 7.57. The van der Waals surface area contributed by atoms with Crippen LogP contribution < -0.4 is 16.0 Å². The van der Waals surface area contributed by atoms with E-state index in [4.69, 9.17) is 0 Å². The van der Waals surface area contributed by atoms with Crippen molar-refractivity contribution in [2.24, 2.45) is 0 Å². The lowest BCUT2D eigenvalue weighted by Gasteiger charge is -2.26. The van der Waals surface area contributed by atoms with Crippen molar-refractivity contribution in [3.8, 4) is 0 Å². The van der Waals surface area contributed by atoms with E-state index in [-0.39, 0.29) is 18.2 Å². The molecule has 5 nitrogen and oxygen atoms in total. The Morgan fingerprint density at radius 1 is 1.04 bits per heavy atom. The Kier molecular flexibility index (Phi) is 4.02. The Labute approximate surface area is 135 Å². The highest BCUT2D eigenvalue weighted by Gasteiger charge is 2.27. The lowest BCUT2D eigenvalue weighted by Crippen LogP contribution is -2.41. The molecule has 0 aromatic heterocycles. The Balaban J connectivity index is 1.70. The summed E-state index contributed by atoms with van der Waals surface area (Å²) >= 11 is 0. The van der Waals surface area contributed by atoms with Crippen molar-refractivity contribution in [3.63, 3.8) is 0 Å². The third-order valence-electron chi connectivity index (χ3n) is 3.97. The summed E-state index contributed by atoms with van der Waals surface area (Å²) in [4.78, 5) is 24.4. The summed E-state index contributed by atoms with van der Waals surface area (Å²) in [5, 5.41) is 8.85. The van der Waals surface area contributed by atoms with Crippen LogP contribution in [0.25, 0.3) is 0 Å². The van der Waals surface area contributed by atoms with E-state index in [2.05, 4.69) is 16.0 Å². The van der Waals surface area contributed by atoms with E-state index in [1.54, 1.807) is 0 Å². The average molecular weight is 309 g/mol. The molecule has 3 rings (SSSR count). The molecule has 0 saturated heterocycles. The van der Waals surface area contributed by atoms with Gasteiger partial charge >= 0.3 is 0 Å². The average Bonchev–Trinajstić information content (AvgIpc) is 2.52. The number of carbonyl (C=O) groups excluding carboxylic acids is 2. The molecule has 0 fully saturated rings. The van der Waals surface area contributed by atoms with Crippen molar-refractivity contribution < 1.29 is 9.59 Å². The van der Waals surface area contributed by atoms with E-state index in [1.807, 2.05) is 56.3 Å². The molecule has 1 heterocycles. The monoisotopic (exact) mass is 309 g/mol. The Morgan fingerprint density at radius 3 is 2.39 bits per heavy atom. The molecular formula is C18H19N3O2. The number of carbonyl (C=O) groups is 2. The lowest BCUT2D eigenvalue weighted by atomic mass is 10.1. The van der Waals surface area contributed by atoms with Gasteiger partial charge in [0.25, 0.3) is 0 Å². The molecule has 0 radical (unpaired) electrons. The van der Waals surface area contributed by atoms with E-state index >= 15 is 0 Å². The standard InChI is InChI=1S/C18H19N3O2/c1-11-6-5-7-12(2)17(11)21-16(22)10-15-18(23)20-14-9-4-3-8-13(14)19-15/h3-9,15,19H,10H2,1-2H3,(H,20,23)(H,21,22)/t15-/m1/s1. The largest absolute Gasteiger partial charge is 0.372 e. The molecule has 0 unspecified atom stereocenters. The topological polar surface area (TPSA) is 70.2 Å². The quantitative estimate of drug-likeness (QED) is 0.816. The number of aryl methyl sites for hydroxylation is 2. The van der Waals surface area contributed by atoms with Crippen LogP contribution in [0.15, 0.2) is 42.5 Å². The third kappa shape index (κ3) is 3.18. The van der Waals surface area contributed by atoms with Crippen LogP contribution in [0.4, 0.5) is 17.1 Å². The fourth-order valence-electron chi connectivity index (χ4n) is 2.72. The van der Waals surface area contributed by atoms with Crippen molar-refractivity contribution in [2.75, 3.05) is 16.0 Å². The summed E-state index contributed by atoms with van der Waals surface area (Å²) in [5.74, 6) is -0.380. The van der Waals surface area contributed by atoms with E-state index in [0.29, 0.717) is 0 Å². The number of amides is 2. The second-order valence-electron chi connectivity index (χ2n) is 5.75. The molecule has 1 aliphatic rings. The van der Waals surface area contributed by atoms with Gasteiger partial charge in [-0.3, -0.25) is 9.59 Å². The molecule has 23 heavy (non-hydrogen) atoms. The molecule has 2 aromatic carbocycles. The van der Waals surface area contributed by atoms with Gasteiger partial charge in [-0.2, -0.15) is 0 Å². The maximum atomic E-state index is 12.3. The molecule has 0 spiro atoms. The molecule has 0 bridgehead atoms. The van der Waals surface area contributed by atoms with Crippen LogP contribution in [-0.2, 0) is 9.59 Å². The van der Waals surface area contributed by atoms with Gasteiger partial charge in [0.05, 0.1) is 17.8 Å². The first-order chi connectivity index (χ1) is 11.0. The van der Waals surface area contributed by atoms with Gasteiger partial charge < -0.3 is 16.0 Å². The minimum atomic E-state index is -0.575. The van der Waals surface area contributed by atoms with E-state index in [0.717, 1.165) is 28.2 Å². The summed E-state index contributed by atoms with van der Waals surface area (Å²) in [6.45, 7) is 3.90. The van der Waals surface area contributed by atoms with Gasteiger partial charge in [0, 0.05) is 5.69 Å². The molecule has 1 aliphatic heterocycles. The van der Waals surface area contributed by atoms with Crippen molar-refractivity contribution in [1.82, 2.24) is 0 Å². The second kappa shape index (κ2) is 6.12. The fraction of sp³-hybridized carbons (Fsp3) is 0.222. The number of benzene rings is 2. The fourth-order valence-corrected chi connectivity index (χ4v) is 2.72. The smallest absolute Gasteiger partial charge is 0.247 e. The molecule has 5 heteroatoms. The molecule has 0 aliphatic carbocycles. The first-order valence-electron chi connectivity index (χ1n) is 7.57. The van der Waals surface area contributed by atoms with Crippen molar-refractivity contribution >= 4 is 28.9 Å². The van der Waals surface area contributed by atoms with Crippen LogP contribution in [0.1, 0.15) is 17.5 Å². The second-order valence-corrected chi connectivity index (χ2v) is 5.75. The number of anilines is 3. The Morgan fingerprint density at radius 2 is 1.70 bits per heavy atom. The highest BCUT2D eigenvalue weighted by molar-refractivity contribution is 6.06. The molecule has 0 saturated carbocycles. The highest BCUT2D eigenvalue weighted by Crippen LogP contribution is 2.27. The van der Waals surface area contributed by atoms with Crippen LogP contribution >= 0.6 is 0 Å². The summed E-state index contributed by atoms with van der Waals surface area (Å²) < 4.78 is 0. The van der Waals surface area contributed by atoms with Crippen LogP contribution in [0.3, 0.4) is 0 Å². The van der Waals surface area contributed by atoms with Gasteiger partial charge in [0.15, 0.2) is 0 Å². The normalized spacial score (nSPS) is 16.1. The number of hydrogen-bond acceptors (Lipinski definition) is 3. The summed E-state index contributed by atoms with van der Waals surface area (Å²) in [6.07, 6.45) is 0.0773. The molecule has 2 amide bonds. The summed E-state index contributed by atoms with van der Waals surface area (Å²) in [7, 11) is 0. The number of fused-ring (bicyclic) bond motifs is 1. The van der Waals surface area contributed by atoms with Crippen LogP contribution in [-0.4, -0.2) is 17.9 Å². The van der Waals surface area contributed by atoms with E-state index < -0.39 is 6.04 Å². The predicted octanol–water partition coefficient (Wildman–Crippen LogP) is 3.06. The highest BCUT2D eigenvalue weighted by atomic mass is 16.2. The van der Waals surface area contributed by atoms with Crippen molar-refractivity contribution in [1.29, 1.82) is 0 Å². The summed E-state index contributed by atoms with van der Waals surface area (Å²) in [6, 6.07) is 12.7. The summed E-state index contributed by atoms with van der Waals surface area (Å²) in [5.41, 5.74) is 4.39. The zero-order valence-corrected chi connectivity index (χ0v) is 13.1. The van der Waals surface area contributed by atoms with Crippen LogP contribution in [0.5, 0.6) is 0 Å². The van der Waals surface area contributed by atoms with Gasteiger partial charge in [0.2, 0.25) is 11.8 Å². The molecule has 1 atom stereocenters. The Bertz CT molecular complexity index is 750. The molecular weight excluding hydrogens is 290 g/mol. The molecule has 3 N–H and O–H groups in total. The molecule has 118 valence electrons. The number of para-hydroxylation sites is 3. The third-order valence-corrected chi connectivity index (χ3v) is 3.97. The van der Waals surface area contributed by atoms with Gasteiger partial charge in [-0.15, -0.1) is 0 Å². The molecule has 2 aromatic rings. The van der Waals surface area contributed by atoms with Gasteiger partial charge in [-0.05, 0) is 37.1 Å². The number of hydrogen-bond donors (Lipinski definition) is 3. The zero-order chi connectivity index (χ0) is 16.4.